The highest BCUT2D eigenvalue weighted by Crippen LogP contribution is 2.18. The van der Waals surface area contributed by atoms with Crippen molar-refractivity contribution in [3.8, 4) is 0 Å². The molecule has 0 aliphatic heterocycles. The number of alkyl halides is 1. The normalized spacial score (nSPS) is 12.8. The molecule has 1 unspecified atom stereocenters. The van der Waals surface area contributed by atoms with Gasteiger partial charge in [-0.05, 0) is 43.4 Å². The van der Waals surface area contributed by atoms with Gasteiger partial charge in [-0.2, -0.15) is 0 Å². The second-order valence-electron chi connectivity index (χ2n) is 3.65. The summed E-state index contributed by atoms with van der Waals surface area (Å²) in [7, 11) is 0. The van der Waals surface area contributed by atoms with Crippen LogP contribution in [-0.2, 0) is 6.42 Å². The molecule has 0 saturated carbocycles. The summed E-state index contributed by atoms with van der Waals surface area (Å²) in [5.74, 6) is -0.357. The number of halogens is 3. The molecule has 0 amide bonds. The SMILES string of the molecule is CCC(Cl)CCCc1ccc(F)c(Cl)c1. The Morgan fingerprint density at radius 1 is 1.40 bits per heavy atom. The largest absolute Gasteiger partial charge is 0.205 e. The summed E-state index contributed by atoms with van der Waals surface area (Å²) in [6.07, 6.45) is 3.91. The van der Waals surface area contributed by atoms with Crippen molar-refractivity contribution in [1.82, 2.24) is 0 Å². The van der Waals surface area contributed by atoms with Gasteiger partial charge in [0, 0.05) is 5.38 Å². The van der Waals surface area contributed by atoms with Crippen LogP contribution in [-0.4, -0.2) is 5.38 Å². The second kappa shape index (κ2) is 6.34. The molecule has 0 saturated heterocycles. The zero-order chi connectivity index (χ0) is 11.3. The molecule has 0 nitrogen and oxygen atoms in total. The molecule has 84 valence electrons. The van der Waals surface area contributed by atoms with Crippen LogP contribution in [0.5, 0.6) is 0 Å². The molecule has 0 fully saturated rings. The molecule has 0 spiro atoms. The van der Waals surface area contributed by atoms with E-state index in [1.54, 1.807) is 12.1 Å². The predicted molar refractivity (Wildman–Crippen MR) is 64.3 cm³/mol. The van der Waals surface area contributed by atoms with Crippen LogP contribution in [0.2, 0.25) is 5.02 Å². The third-order valence-corrected chi connectivity index (χ3v) is 3.23. The van der Waals surface area contributed by atoms with Crippen molar-refractivity contribution in [2.75, 3.05) is 0 Å². The molecule has 0 heterocycles. The lowest BCUT2D eigenvalue weighted by molar-refractivity contribution is 0.626. The standard InChI is InChI=1S/C12H15Cl2F/c1-2-10(13)5-3-4-9-6-7-12(15)11(14)8-9/h6-8,10H,2-5H2,1H3. The van der Waals surface area contributed by atoms with E-state index in [0.717, 1.165) is 31.2 Å². The van der Waals surface area contributed by atoms with Crippen molar-refractivity contribution in [2.45, 2.75) is 38.0 Å². The highest BCUT2D eigenvalue weighted by atomic mass is 35.5. The first-order valence-electron chi connectivity index (χ1n) is 5.21. The van der Waals surface area contributed by atoms with Gasteiger partial charge in [-0.1, -0.05) is 24.6 Å². The average Bonchev–Trinajstić information content (AvgIpc) is 2.23. The molecule has 15 heavy (non-hydrogen) atoms. The number of benzene rings is 1. The first-order valence-corrected chi connectivity index (χ1v) is 6.03. The zero-order valence-electron chi connectivity index (χ0n) is 8.77. The molecule has 1 aromatic carbocycles. The van der Waals surface area contributed by atoms with Crippen molar-refractivity contribution >= 4 is 23.2 Å². The molecule has 1 aromatic rings. The lowest BCUT2D eigenvalue weighted by Gasteiger charge is -2.06. The first kappa shape index (κ1) is 12.8. The molecule has 0 aromatic heterocycles. The summed E-state index contributed by atoms with van der Waals surface area (Å²) in [5.41, 5.74) is 1.07. The summed E-state index contributed by atoms with van der Waals surface area (Å²) in [6.45, 7) is 2.08. The summed E-state index contributed by atoms with van der Waals surface area (Å²) in [6, 6.07) is 4.87. The predicted octanol–water partition coefficient (Wildman–Crippen LogP) is 4.82. The van der Waals surface area contributed by atoms with Gasteiger partial charge in [0.2, 0.25) is 0 Å². The van der Waals surface area contributed by atoms with Gasteiger partial charge in [0.1, 0.15) is 5.82 Å². The fraction of sp³-hybridized carbons (Fsp3) is 0.500. The van der Waals surface area contributed by atoms with E-state index in [0.29, 0.717) is 0 Å². The van der Waals surface area contributed by atoms with Gasteiger partial charge in [-0.25, -0.2) is 4.39 Å². The van der Waals surface area contributed by atoms with E-state index in [-0.39, 0.29) is 16.2 Å². The molecule has 0 aliphatic carbocycles. The van der Waals surface area contributed by atoms with Crippen LogP contribution in [0.3, 0.4) is 0 Å². The third kappa shape index (κ3) is 4.40. The van der Waals surface area contributed by atoms with Gasteiger partial charge in [0.25, 0.3) is 0 Å². The number of aryl methyl sites for hydroxylation is 1. The third-order valence-electron chi connectivity index (χ3n) is 2.41. The Hall–Kier alpha value is -0.270. The number of hydrogen-bond donors (Lipinski definition) is 0. The van der Waals surface area contributed by atoms with Gasteiger partial charge in [-0.3, -0.25) is 0 Å². The summed E-state index contributed by atoms with van der Waals surface area (Å²) < 4.78 is 12.9. The Morgan fingerprint density at radius 2 is 2.13 bits per heavy atom. The van der Waals surface area contributed by atoms with Crippen molar-refractivity contribution in [1.29, 1.82) is 0 Å². The quantitative estimate of drug-likeness (QED) is 0.656. The fourth-order valence-corrected chi connectivity index (χ4v) is 1.78. The van der Waals surface area contributed by atoms with Gasteiger partial charge >= 0.3 is 0 Å². The zero-order valence-corrected chi connectivity index (χ0v) is 10.3. The topological polar surface area (TPSA) is 0 Å². The van der Waals surface area contributed by atoms with Crippen LogP contribution in [0, 0.1) is 5.82 Å². The number of hydrogen-bond acceptors (Lipinski definition) is 0. The van der Waals surface area contributed by atoms with Crippen LogP contribution >= 0.6 is 23.2 Å². The van der Waals surface area contributed by atoms with Crippen LogP contribution in [0.25, 0.3) is 0 Å². The van der Waals surface area contributed by atoms with E-state index in [2.05, 4.69) is 6.92 Å². The molecule has 0 bridgehead atoms. The van der Waals surface area contributed by atoms with Gasteiger partial charge in [-0.15, -0.1) is 11.6 Å². The van der Waals surface area contributed by atoms with Crippen LogP contribution in [0.1, 0.15) is 31.7 Å². The molecule has 0 aliphatic rings. The summed E-state index contributed by atoms with van der Waals surface area (Å²) in [5, 5.41) is 0.450. The Morgan fingerprint density at radius 3 is 2.73 bits per heavy atom. The monoisotopic (exact) mass is 248 g/mol. The minimum atomic E-state index is -0.357. The second-order valence-corrected chi connectivity index (χ2v) is 4.67. The lowest BCUT2D eigenvalue weighted by atomic mass is 10.1. The fourth-order valence-electron chi connectivity index (χ4n) is 1.43. The Balaban J connectivity index is 2.41. The minimum absolute atomic E-state index is 0.199. The Kier molecular flexibility index (Phi) is 5.41. The van der Waals surface area contributed by atoms with E-state index in [9.17, 15) is 4.39 Å². The van der Waals surface area contributed by atoms with Crippen molar-refractivity contribution in [2.24, 2.45) is 0 Å². The van der Waals surface area contributed by atoms with Gasteiger partial charge < -0.3 is 0 Å². The lowest BCUT2D eigenvalue weighted by Crippen LogP contribution is -1.97. The van der Waals surface area contributed by atoms with Gasteiger partial charge in [0.15, 0.2) is 0 Å². The molecular formula is C12H15Cl2F. The minimum Gasteiger partial charge on any atom is -0.205 e. The molecular weight excluding hydrogens is 234 g/mol. The maximum absolute atomic E-state index is 12.9. The van der Waals surface area contributed by atoms with E-state index in [1.807, 2.05) is 0 Å². The smallest absolute Gasteiger partial charge is 0.141 e. The van der Waals surface area contributed by atoms with E-state index in [1.165, 1.54) is 6.07 Å². The Bertz CT molecular complexity index is 312. The molecule has 3 heteroatoms. The molecule has 0 N–H and O–H groups in total. The average molecular weight is 249 g/mol. The van der Waals surface area contributed by atoms with Crippen molar-refractivity contribution in [3.63, 3.8) is 0 Å². The highest BCUT2D eigenvalue weighted by molar-refractivity contribution is 6.30. The Labute approximate surface area is 100 Å². The maximum atomic E-state index is 12.9. The van der Waals surface area contributed by atoms with E-state index < -0.39 is 0 Å². The van der Waals surface area contributed by atoms with Crippen molar-refractivity contribution < 1.29 is 4.39 Å². The molecule has 1 atom stereocenters. The van der Waals surface area contributed by atoms with E-state index in [4.69, 9.17) is 23.2 Å². The number of rotatable bonds is 5. The molecule has 1 rings (SSSR count). The summed E-state index contributed by atoms with van der Waals surface area (Å²) in [4.78, 5) is 0. The van der Waals surface area contributed by atoms with Crippen LogP contribution < -0.4 is 0 Å². The first-order chi connectivity index (χ1) is 7.13. The molecule has 0 radical (unpaired) electrons. The van der Waals surface area contributed by atoms with Crippen molar-refractivity contribution in [3.05, 3.63) is 34.6 Å². The van der Waals surface area contributed by atoms with Crippen LogP contribution in [0.15, 0.2) is 18.2 Å². The highest BCUT2D eigenvalue weighted by Gasteiger charge is 2.03. The summed E-state index contributed by atoms with van der Waals surface area (Å²) >= 11 is 11.7. The van der Waals surface area contributed by atoms with E-state index >= 15 is 0 Å². The maximum Gasteiger partial charge on any atom is 0.141 e. The van der Waals surface area contributed by atoms with Gasteiger partial charge in [0.05, 0.1) is 5.02 Å². The van der Waals surface area contributed by atoms with Crippen LogP contribution in [0.4, 0.5) is 4.39 Å².